The molecule has 0 fully saturated rings. The van der Waals surface area contributed by atoms with E-state index in [4.69, 9.17) is 11.6 Å². The van der Waals surface area contributed by atoms with Gasteiger partial charge in [0.2, 0.25) is 0 Å². The lowest BCUT2D eigenvalue weighted by molar-refractivity contribution is -0.286. The number of imidazole rings is 1. The first-order chi connectivity index (χ1) is 16.7. The summed E-state index contributed by atoms with van der Waals surface area (Å²) in [6, 6.07) is 3.97. The van der Waals surface area contributed by atoms with E-state index in [9.17, 15) is 35.2 Å². The number of alkyl halides is 5. The van der Waals surface area contributed by atoms with E-state index in [-0.39, 0.29) is 48.5 Å². The Bertz CT molecular complexity index is 1640. The summed E-state index contributed by atoms with van der Waals surface area (Å²) in [7, 11) is -2.70. The van der Waals surface area contributed by atoms with Crippen LogP contribution in [0.2, 0.25) is 5.15 Å². The van der Waals surface area contributed by atoms with Gasteiger partial charge in [0.15, 0.2) is 15.0 Å². The zero-order valence-corrected chi connectivity index (χ0v) is 20.0. The Balaban J connectivity index is 1.89. The first-order valence-electron chi connectivity index (χ1n) is 10.1. The van der Waals surface area contributed by atoms with Crippen LogP contribution in [-0.4, -0.2) is 55.2 Å². The minimum absolute atomic E-state index is 0.0464. The van der Waals surface area contributed by atoms with Crippen LogP contribution >= 0.6 is 11.6 Å². The first-order valence-corrected chi connectivity index (χ1v) is 12.1. The van der Waals surface area contributed by atoms with E-state index in [0.717, 1.165) is 10.8 Å². The molecular weight excluding hydrogens is 535 g/mol. The van der Waals surface area contributed by atoms with Gasteiger partial charge < -0.3 is 0 Å². The zero-order chi connectivity index (χ0) is 26.6. The van der Waals surface area contributed by atoms with Crippen molar-refractivity contribution in [2.24, 2.45) is 7.05 Å². The fourth-order valence-corrected chi connectivity index (χ4v) is 4.66. The van der Waals surface area contributed by atoms with Crippen molar-refractivity contribution >= 4 is 32.5 Å². The van der Waals surface area contributed by atoms with Gasteiger partial charge in [-0.25, -0.2) is 17.9 Å². The zero-order valence-electron chi connectivity index (χ0n) is 18.5. The topological polar surface area (TPSA) is 105 Å². The summed E-state index contributed by atoms with van der Waals surface area (Å²) < 4.78 is 93.6. The average molecular weight is 551 g/mol. The second-order valence-corrected chi connectivity index (χ2v) is 10.3. The first kappa shape index (κ1) is 25.8. The highest BCUT2D eigenvalue weighted by Crippen LogP contribution is 2.37. The molecule has 0 bridgehead atoms. The lowest BCUT2D eigenvalue weighted by Gasteiger charge is -2.19. The largest absolute Gasteiger partial charge is 0.455 e. The molecule has 4 aromatic rings. The fraction of sp³-hybridized carbons (Fsp3) is 0.300. The molecule has 16 heteroatoms. The highest BCUT2D eigenvalue weighted by Gasteiger charge is 2.58. The molecule has 0 saturated carbocycles. The minimum atomic E-state index is -5.87. The van der Waals surface area contributed by atoms with E-state index < -0.39 is 34.2 Å². The van der Waals surface area contributed by atoms with E-state index in [1.807, 2.05) is 0 Å². The molecule has 0 unspecified atom stereocenters. The number of halogens is 6. The Morgan fingerprint density at radius 3 is 2.33 bits per heavy atom. The van der Waals surface area contributed by atoms with E-state index in [1.54, 1.807) is 0 Å². The number of nitrogens with zero attached hydrogens (tertiary/aromatic N) is 6. The number of aromatic nitrogens is 6. The average Bonchev–Trinajstić information content (AvgIpc) is 3.35. The molecule has 36 heavy (non-hydrogen) atoms. The van der Waals surface area contributed by atoms with Gasteiger partial charge in [-0.05, 0) is 18.2 Å². The summed E-state index contributed by atoms with van der Waals surface area (Å²) >= 11 is 5.82. The number of rotatable bonds is 6. The van der Waals surface area contributed by atoms with Crippen molar-refractivity contribution in [1.82, 2.24) is 28.9 Å². The van der Waals surface area contributed by atoms with Gasteiger partial charge in [0.1, 0.15) is 12.2 Å². The van der Waals surface area contributed by atoms with E-state index in [1.165, 1.54) is 49.2 Å². The Morgan fingerprint density at radius 1 is 1.06 bits per heavy atom. The number of sulfone groups is 1. The fourth-order valence-electron chi connectivity index (χ4n) is 3.46. The third kappa shape index (κ3) is 4.36. The number of hydrogen-bond donors (Lipinski definition) is 0. The summed E-state index contributed by atoms with van der Waals surface area (Å²) in [5.41, 5.74) is -1.36. The van der Waals surface area contributed by atoms with Gasteiger partial charge in [-0.1, -0.05) is 18.5 Å². The van der Waals surface area contributed by atoms with Gasteiger partial charge in [-0.3, -0.25) is 19.1 Å². The van der Waals surface area contributed by atoms with Crippen molar-refractivity contribution in [3.8, 4) is 17.1 Å². The van der Waals surface area contributed by atoms with Crippen molar-refractivity contribution < 1.29 is 30.4 Å². The second kappa shape index (κ2) is 8.65. The lowest BCUT2D eigenvalue weighted by atomic mass is 10.2. The number of aryl methyl sites for hydroxylation is 1. The highest BCUT2D eigenvalue weighted by atomic mass is 35.5. The quantitative estimate of drug-likeness (QED) is 0.340. The molecule has 0 radical (unpaired) electrons. The maximum Gasteiger partial charge on any atom is 0.455 e. The highest BCUT2D eigenvalue weighted by molar-refractivity contribution is 7.91. The summed E-state index contributed by atoms with van der Waals surface area (Å²) in [4.78, 5) is 20.5. The van der Waals surface area contributed by atoms with Crippen LogP contribution in [0.15, 0.2) is 46.5 Å². The van der Waals surface area contributed by atoms with E-state index >= 15 is 0 Å². The third-order valence-electron chi connectivity index (χ3n) is 5.42. The molecule has 9 nitrogen and oxygen atoms in total. The smallest absolute Gasteiger partial charge is 0.295 e. The van der Waals surface area contributed by atoms with Gasteiger partial charge in [0, 0.05) is 13.2 Å². The van der Waals surface area contributed by atoms with Crippen LogP contribution in [0.1, 0.15) is 6.92 Å². The third-order valence-corrected chi connectivity index (χ3v) is 7.36. The van der Waals surface area contributed by atoms with E-state index in [2.05, 4.69) is 15.1 Å². The number of pyridine rings is 2. The Labute approximate surface area is 204 Å². The minimum Gasteiger partial charge on any atom is -0.295 e. The van der Waals surface area contributed by atoms with Crippen molar-refractivity contribution in [1.29, 1.82) is 0 Å². The van der Waals surface area contributed by atoms with Gasteiger partial charge in [-0.15, -0.1) is 0 Å². The van der Waals surface area contributed by atoms with Crippen LogP contribution in [0.5, 0.6) is 0 Å². The van der Waals surface area contributed by atoms with Crippen LogP contribution in [-0.2, 0) is 23.4 Å². The second-order valence-electron chi connectivity index (χ2n) is 7.71. The van der Waals surface area contributed by atoms with Gasteiger partial charge in [-0.2, -0.15) is 27.1 Å². The van der Waals surface area contributed by atoms with Crippen molar-refractivity contribution in [2.75, 3.05) is 5.75 Å². The van der Waals surface area contributed by atoms with E-state index in [0.29, 0.717) is 0 Å². The molecule has 192 valence electrons. The summed E-state index contributed by atoms with van der Waals surface area (Å²) in [6.45, 7) is -0.527. The number of hydrogen-bond acceptors (Lipinski definition) is 6. The molecule has 4 rings (SSSR count). The molecular formula is C20H16ClF5N6O3S. The SMILES string of the molecule is CCS(=O)(=O)c1cc(-n2ccc(Cl)n2)cnc1-c1cc2c(cn1)n(CC(F)(F)C(F)(F)F)c(=O)n2C. The van der Waals surface area contributed by atoms with Crippen LogP contribution in [0, 0.1) is 0 Å². The molecule has 0 saturated heterocycles. The maximum atomic E-state index is 13.7. The van der Waals surface area contributed by atoms with Crippen molar-refractivity contribution in [3.63, 3.8) is 0 Å². The Kier molecular flexibility index (Phi) is 6.19. The Morgan fingerprint density at radius 2 is 1.75 bits per heavy atom. The van der Waals surface area contributed by atoms with Gasteiger partial charge in [0.25, 0.3) is 0 Å². The predicted octanol–water partition coefficient (Wildman–Crippen LogP) is 3.63. The molecule has 0 aliphatic rings. The molecule has 0 atom stereocenters. The van der Waals surface area contributed by atoms with Crippen LogP contribution < -0.4 is 5.69 Å². The summed E-state index contributed by atoms with van der Waals surface area (Å²) in [5.74, 6) is -5.46. The normalized spacial score (nSPS) is 13.0. The summed E-state index contributed by atoms with van der Waals surface area (Å²) in [5, 5.41) is 4.15. The van der Waals surface area contributed by atoms with Crippen LogP contribution in [0.3, 0.4) is 0 Å². The Hall–Kier alpha value is -3.33. The molecule has 0 amide bonds. The van der Waals surface area contributed by atoms with Crippen LogP contribution in [0.4, 0.5) is 22.0 Å². The molecule has 0 aromatic carbocycles. The van der Waals surface area contributed by atoms with Gasteiger partial charge in [0.05, 0.1) is 45.5 Å². The van der Waals surface area contributed by atoms with Crippen LogP contribution in [0.25, 0.3) is 28.1 Å². The lowest BCUT2D eigenvalue weighted by Crippen LogP contribution is -2.42. The number of fused-ring (bicyclic) bond motifs is 1. The molecule has 0 N–H and O–H groups in total. The van der Waals surface area contributed by atoms with Crippen molar-refractivity contribution in [3.05, 3.63) is 52.4 Å². The molecule has 0 spiro atoms. The van der Waals surface area contributed by atoms with Crippen molar-refractivity contribution in [2.45, 2.75) is 30.5 Å². The molecule has 0 aliphatic heterocycles. The predicted molar refractivity (Wildman–Crippen MR) is 119 cm³/mol. The summed E-state index contributed by atoms with van der Waals surface area (Å²) in [6.07, 6.45) is -2.16. The van der Waals surface area contributed by atoms with Gasteiger partial charge >= 0.3 is 17.8 Å². The molecule has 4 aromatic heterocycles. The monoisotopic (exact) mass is 550 g/mol. The molecule has 4 heterocycles. The molecule has 0 aliphatic carbocycles. The standard InChI is InChI=1S/C20H16ClF5N6O3S/c1-3-36(34,35)15-6-11(32-5-4-16(21)29-32)8-28-17(15)12-7-13-14(9-27-12)31(18(33)30(13)2)10-19(22,23)20(24,25)26/h4-9H,3,10H2,1-2H3. The maximum absolute atomic E-state index is 13.7.